The number of hydrogen-bond donors (Lipinski definition) is 1. The number of benzene rings is 1. The van der Waals surface area contributed by atoms with Gasteiger partial charge < -0.3 is 14.6 Å². The lowest BCUT2D eigenvalue weighted by atomic mass is 9.98. The fraction of sp³-hybridized carbons (Fsp3) is 0.600. The minimum atomic E-state index is -0.301. The minimum absolute atomic E-state index is 0.163. The van der Waals surface area contributed by atoms with Crippen LogP contribution in [0.15, 0.2) is 30.3 Å². The van der Waals surface area contributed by atoms with E-state index in [0.717, 1.165) is 12.8 Å². The van der Waals surface area contributed by atoms with Crippen molar-refractivity contribution in [3.05, 3.63) is 35.9 Å². The Hall–Kier alpha value is -0.900. The molecule has 0 aliphatic rings. The van der Waals surface area contributed by atoms with Crippen molar-refractivity contribution in [3.8, 4) is 0 Å². The molecular weight excluding hydrogens is 228 g/mol. The number of ether oxygens (including phenoxy) is 2. The van der Waals surface area contributed by atoms with Crippen LogP contribution in [0.5, 0.6) is 0 Å². The molecule has 1 rings (SSSR count). The predicted molar refractivity (Wildman–Crippen MR) is 72.4 cm³/mol. The van der Waals surface area contributed by atoms with Gasteiger partial charge in [-0.1, -0.05) is 37.3 Å². The summed E-state index contributed by atoms with van der Waals surface area (Å²) in [6.07, 6.45) is 1.29. The molecule has 0 amide bonds. The van der Waals surface area contributed by atoms with Gasteiger partial charge in [0.1, 0.15) is 0 Å². The summed E-state index contributed by atoms with van der Waals surface area (Å²) in [5.41, 5.74) is 1.18. The van der Waals surface area contributed by atoms with Crippen molar-refractivity contribution >= 4 is 0 Å². The molecule has 1 aromatic carbocycles. The SMILES string of the molecule is CCC(O)C(CCOCc1ccccc1)COC. The second kappa shape index (κ2) is 9.09. The number of aliphatic hydroxyl groups excluding tert-OH is 1. The van der Waals surface area contributed by atoms with Crippen LogP contribution in [0.25, 0.3) is 0 Å². The Morgan fingerprint density at radius 2 is 1.94 bits per heavy atom. The van der Waals surface area contributed by atoms with Crippen LogP contribution in [-0.2, 0) is 16.1 Å². The van der Waals surface area contributed by atoms with Gasteiger partial charge in [0.2, 0.25) is 0 Å². The molecule has 0 radical (unpaired) electrons. The van der Waals surface area contributed by atoms with E-state index in [1.54, 1.807) is 7.11 Å². The predicted octanol–water partition coefficient (Wildman–Crippen LogP) is 2.63. The van der Waals surface area contributed by atoms with E-state index in [0.29, 0.717) is 19.8 Å². The van der Waals surface area contributed by atoms with Gasteiger partial charge in [-0.2, -0.15) is 0 Å². The van der Waals surface area contributed by atoms with Crippen molar-refractivity contribution in [2.24, 2.45) is 5.92 Å². The van der Waals surface area contributed by atoms with Crippen molar-refractivity contribution < 1.29 is 14.6 Å². The molecular formula is C15H24O3. The maximum Gasteiger partial charge on any atom is 0.0716 e. The van der Waals surface area contributed by atoms with E-state index in [4.69, 9.17) is 9.47 Å². The molecule has 0 aromatic heterocycles. The minimum Gasteiger partial charge on any atom is -0.393 e. The fourth-order valence-corrected chi connectivity index (χ4v) is 1.93. The molecule has 3 heteroatoms. The molecule has 1 aromatic rings. The maximum atomic E-state index is 9.83. The summed E-state index contributed by atoms with van der Waals surface area (Å²) in [6, 6.07) is 10.1. The first-order valence-corrected chi connectivity index (χ1v) is 6.56. The highest BCUT2D eigenvalue weighted by atomic mass is 16.5. The molecule has 18 heavy (non-hydrogen) atoms. The largest absolute Gasteiger partial charge is 0.393 e. The molecule has 0 aliphatic heterocycles. The van der Waals surface area contributed by atoms with E-state index in [2.05, 4.69) is 0 Å². The average molecular weight is 252 g/mol. The monoisotopic (exact) mass is 252 g/mol. The third kappa shape index (κ3) is 5.63. The Morgan fingerprint density at radius 1 is 1.22 bits per heavy atom. The summed E-state index contributed by atoms with van der Waals surface area (Å²) in [6.45, 7) is 3.85. The van der Waals surface area contributed by atoms with E-state index in [1.165, 1.54) is 5.56 Å². The molecule has 1 N–H and O–H groups in total. The zero-order valence-electron chi connectivity index (χ0n) is 11.3. The van der Waals surface area contributed by atoms with Gasteiger partial charge in [0.05, 0.1) is 19.3 Å². The van der Waals surface area contributed by atoms with Crippen LogP contribution < -0.4 is 0 Å². The second-order valence-electron chi connectivity index (χ2n) is 4.52. The standard InChI is InChI=1S/C15H24O3/c1-3-15(16)14(12-17-2)9-10-18-11-13-7-5-4-6-8-13/h4-8,14-16H,3,9-12H2,1-2H3. The van der Waals surface area contributed by atoms with E-state index in [1.807, 2.05) is 37.3 Å². The first-order valence-electron chi connectivity index (χ1n) is 6.56. The molecule has 0 spiro atoms. The topological polar surface area (TPSA) is 38.7 Å². The third-order valence-corrected chi connectivity index (χ3v) is 3.09. The number of aliphatic hydroxyl groups is 1. The van der Waals surface area contributed by atoms with E-state index >= 15 is 0 Å². The summed E-state index contributed by atoms with van der Waals surface area (Å²) in [5, 5.41) is 9.83. The lowest BCUT2D eigenvalue weighted by molar-refractivity contribution is 0.0186. The molecule has 0 aliphatic carbocycles. The first-order chi connectivity index (χ1) is 8.77. The molecule has 0 fully saturated rings. The van der Waals surface area contributed by atoms with Gasteiger partial charge in [-0.3, -0.25) is 0 Å². The van der Waals surface area contributed by atoms with Crippen molar-refractivity contribution in [3.63, 3.8) is 0 Å². The molecule has 0 saturated heterocycles. The summed E-state index contributed by atoms with van der Waals surface area (Å²) in [7, 11) is 1.67. The quantitative estimate of drug-likeness (QED) is 0.687. The highest BCUT2D eigenvalue weighted by Crippen LogP contribution is 2.13. The molecule has 102 valence electrons. The van der Waals surface area contributed by atoms with E-state index < -0.39 is 0 Å². The highest BCUT2D eigenvalue weighted by molar-refractivity contribution is 5.13. The maximum absolute atomic E-state index is 9.83. The van der Waals surface area contributed by atoms with E-state index in [9.17, 15) is 5.11 Å². The summed E-state index contributed by atoms with van der Waals surface area (Å²) >= 11 is 0. The zero-order chi connectivity index (χ0) is 13.2. The lowest BCUT2D eigenvalue weighted by Gasteiger charge is -2.20. The molecule has 0 heterocycles. The van der Waals surface area contributed by atoms with Gasteiger partial charge >= 0.3 is 0 Å². The normalized spacial score (nSPS) is 14.4. The van der Waals surface area contributed by atoms with Crippen LogP contribution in [0, 0.1) is 5.92 Å². The van der Waals surface area contributed by atoms with Crippen LogP contribution in [0.3, 0.4) is 0 Å². The summed E-state index contributed by atoms with van der Waals surface area (Å²) in [4.78, 5) is 0. The van der Waals surface area contributed by atoms with Crippen LogP contribution in [0.4, 0.5) is 0 Å². The summed E-state index contributed by atoms with van der Waals surface area (Å²) < 4.78 is 10.8. The van der Waals surface area contributed by atoms with Gasteiger partial charge in [0, 0.05) is 19.6 Å². The van der Waals surface area contributed by atoms with E-state index in [-0.39, 0.29) is 12.0 Å². The van der Waals surface area contributed by atoms with Crippen molar-refractivity contribution in [1.82, 2.24) is 0 Å². The molecule has 0 bridgehead atoms. The van der Waals surface area contributed by atoms with Crippen LogP contribution in [0.1, 0.15) is 25.3 Å². The fourth-order valence-electron chi connectivity index (χ4n) is 1.93. The van der Waals surface area contributed by atoms with Crippen LogP contribution in [0.2, 0.25) is 0 Å². The molecule has 0 saturated carbocycles. The Kier molecular flexibility index (Phi) is 7.65. The second-order valence-corrected chi connectivity index (χ2v) is 4.52. The third-order valence-electron chi connectivity index (χ3n) is 3.09. The Labute approximate surface area is 110 Å². The van der Waals surface area contributed by atoms with Gasteiger partial charge in [0.15, 0.2) is 0 Å². The Bertz CT molecular complexity index is 300. The Morgan fingerprint density at radius 3 is 2.56 bits per heavy atom. The Balaban J connectivity index is 2.22. The van der Waals surface area contributed by atoms with Gasteiger partial charge in [-0.05, 0) is 18.4 Å². The van der Waals surface area contributed by atoms with Crippen LogP contribution in [-0.4, -0.2) is 31.5 Å². The number of hydrogen-bond acceptors (Lipinski definition) is 3. The van der Waals surface area contributed by atoms with Crippen LogP contribution >= 0.6 is 0 Å². The highest BCUT2D eigenvalue weighted by Gasteiger charge is 2.17. The molecule has 2 unspecified atom stereocenters. The average Bonchev–Trinajstić information content (AvgIpc) is 2.42. The van der Waals surface area contributed by atoms with Gasteiger partial charge in [-0.25, -0.2) is 0 Å². The lowest BCUT2D eigenvalue weighted by Crippen LogP contribution is -2.25. The smallest absolute Gasteiger partial charge is 0.0716 e. The number of rotatable bonds is 9. The van der Waals surface area contributed by atoms with Gasteiger partial charge in [0.25, 0.3) is 0 Å². The molecule has 2 atom stereocenters. The number of methoxy groups -OCH3 is 1. The molecule has 3 nitrogen and oxygen atoms in total. The zero-order valence-corrected chi connectivity index (χ0v) is 11.3. The summed E-state index contributed by atoms with van der Waals surface area (Å²) in [5.74, 6) is 0.163. The first kappa shape index (κ1) is 15.2. The van der Waals surface area contributed by atoms with Crippen molar-refractivity contribution in [2.75, 3.05) is 20.3 Å². The van der Waals surface area contributed by atoms with Crippen molar-refractivity contribution in [2.45, 2.75) is 32.5 Å². The van der Waals surface area contributed by atoms with Gasteiger partial charge in [-0.15, -0.1) is 0 Å². The van der Waals surface area contributed by atoms with Crippen molar-refractivity contribution in [1.29, 1.82) is 0 Å².